The predicted octanol–water partition coefficient (Wildman–Crippen LogP) is 0.204. The highest BCUT2D eigenvalue weighted by atomic mass is 16.3. The maximum Gasteiger partial charge on any atom is 0.270 e. The van der Waals surface area contributed by atoms with Crippen LogP contribution in [0.15, 0.2) is 12.3 Å². The summed E-state index contributed by atoms with van der Waals surface area (Å²) in [5.74, 6) is -0.0575. The van der Waals surface area contributed by atoms with E-state index in [1.165, 1.54) is 0 Å². The molecule has 1 aromatic rings. The number of nitrogens with two attached hydrogens (primary N) is 1. The number of likely N-dealkylation sites (tertiary alicyclic amines) is 1. The fourth-order valence-corrected chi connectivity index (χ4v) is 2.10. The molecule has 2 heterocycles. The van der Waals surface area contributed by atoms with Gasteiger partial charge in [0, 0.05) is 26.3 Å². The number of nitrogen functional groups attached to an aromatic ring is 1. The molecule has 16 heavy (non-hydrogen) atoms. The van der Waals surface area contributed by atoms with Crippen LogP contribution in [-0.4, -0.2) is 39.7 Å². The Balaban J connectivity index is 2.15. The van der Waals surface area contributed by atoms with Crippen LogP contribution in [0.3, 0.4) is 0 Å². The molecule has 1 aromatic heterocycles. The van der Waals surface area contributed by atoms with E-state index in [0.717, 1.165) is 12.8 Å². The minimum Gasteiger partial charge on any atom is -0.397 e. The molecular formula is C11H17N3O2. The average molecular weight is 223 g/mol. The minimum atomic E-state index is -0.393. The fraction of sp³-hybridized carbons (Fsp3) is 0.545. The number of aromatic nitrogens is 1. The number of aryl methyl sites for hydroxylation is 1. The highest BCUT2D eigenvalue weighted by Gasteiger charge is 2.24. The van der Waals surface area contributed by atoms with Crippen molar-refractivity contribution in [2.75, 3.05) is 18.8 Å². The zero-order chi connectivity index (χ0) is 11.7. The first kappa shape index (κ1) is 11.0. The van der Waals surface area contributed by atoms with Gasteiger partial charge >= 0.3 is 0 Å². The van der Waals surface area contributed by atoms with E-state index in [0.29, 0.717) is 24.5 Å². The topological polar surface area (TPSA) is 71.5 Å². The van der Waals surface area contributed by atoms with Crippen molar-refractivity contribution in [3.63, 3.8) is 0 Å². The van der Waals surface area contributed by atoms with Crippen LogP contribution in [0.2, 0.25) is 0 Å². The second-order valence-electron chi connectivity index (χ2n) is 4.32. The van der Waals surface area contributed by atoms with Crippen LogP contribution in [0.4, 0.5) is 5.69 Å². The van der Waals surface area contributed by atoms with E-state index in [4.69, 9.17) is 5.73 Å². The van der Waals surface area contributed by atoms with Crippen molar-refractivity contribution in [3.8, 4) is 0 Å². The van der Waals surface area contributed by atoms with Gasteiger partial charge < -0.3 is 20.3 Å². The zero-order valence-corrected chi connectivity index (χ0v) is 9.39. The summed E-state index contributed by atoms with van der Waals surface area (Å²) in [5, 5.41) is 9.52. The summed E-state index contributed by atoms with van der Waals surface area (Å²) >= 11 is 0. The van der Waals surface area contributed by atoms with E-state index in [1.807, 2.05) is 0 Å². The minimum absolute atomic E-state index is 0.0575. The van der Waals surface area contributed by atoms with Crippen molar-refractivity contribution in [2.24, 2.45) is 7.05 Å². The Bertz CT molecular complexity index is 400. The molecule has 0 aliphatic carbocycles. The first-order valence-electron chi connectivity index (χ1n) is 5.47. The van der Waals surface area contributed by atoms with Crippen molar-refractivity contribution >= 4 is 11.6 Å². The lowest BCUT2D eigenvalue weighted by atomic mass is 10.1. The number of hydrogen-bond donors (Lipinski definition) is 2. The summed E-state index contributed by atoms with van der Waals surface area (Å²) in [6.07, 6.45) is 2.95. The molecule has 0 radical (unpaired) electrons. The summed E-state index contributed by atoms with van der Waals surface area (Å²) in [5.41, 5.74) is 6.80. The largest absolute Gasteiger partial charge is 0.397 e. The molecular weight excluding hydrogens is 206 g/mol. The second kappa shape index (κ2) is 4.17. The molecule has 0 bridgehead atoms. The normalized spacial score (nSPS) is 21.1. The van der Waals surface area contributed by atoms with E-state index in [-0.39, 0.29) is 5.91 Å². The van der Waals surface area contributed by atoms with Crippen molar-refractivity contribution in [1.29, 1.82) is 0 Å². The molecule has 0 spiro atoms. The molecule has 0 aromatic carbocycles. The highest BCUT2D eigenvalue weighted by molar-refractivity contribution is 5.93. The summed E-state index contributed by atoms with van der Waals surface area (Å²) in [7, 11) is 1.80. The third-order valence-electron chi connectivity index (χ3n) is 2.93. The van der Waals surface area contributed by atoms with Crippen molar-refractivity contribution in [3.05, 3.63) is 18.0 Å². The third kappa shape index (κ3) is 2.04. The first-order valence-corrected chi connectivity index (χ1v) is 5.47. The smallest absolute Gasteiger partial charge is 0.270 e. The van der Waals surface area contributed by atoms with E-state index in [1.54, 1.807) is 28.8 Å². The number of carbonyl (C=O) groups is 1. The summed E-state index contributed by atoms with van der Waals surface area (Å²) in [6, 6.07) is 1.67. The number of nitrogens with zero attached hydrogens (tertiary/aromatic N) is 2. The van der Waals surface area contributed by atoms with E-state index in [2.05, 4.69) is 0 Å². The molecule has 0 unspecified atom stereocenters. The number of aliphatic hydroxyl groups is 1. The Morgan fingerprint density at radius 2 is 2.38 bits per heavy atom. The second-order valence-corrected chi connectivity index (χ2v) is 4.32. The van der Waals surface area contributed by atoms with Crippen LogP contribution < -0.4 is 5.73 Å². The monoisotopic (exact) mass is 223 g/mol. The van der Waals surface area contributed by atoms with Gasteiger partial charge in [0.05, 0.1) is 11.8 Å². The Morgan fingerprint density at radius 3 is 2.94 bits per heavy atom. The van der Waals surface area contributed by atoms with Gasteiger partial charge in [-0.3, -0.25) is 4.79 Å². The zero-order valence-electron chi connectivity index (χ0n) is 9.39. The molecule has 1 aliphatic heterocycles. The van der Waals surface area contributed by atoms with Gasteiger partial charge in [0.2, 0.25) is 0 Å². The fourth-order valence-electron chi connectivity index (χ4n) is 2.10. The van der Waals surface area contributed by atoms with Gasteiger partial charge in [0.1, 0.15) is 5.69 Å². The van der Waals surface area contributed by atoms with Crippen LogP contribution >= 0.6 is 0 Å². The molecule has 1 saturated heterocycles. The van der Waals surface area contributed by atoms with E-state index < -0.39 is 6.10 Å². The number of amides is 1. The number of anilines is 1. The van der Waals surface area contributed by atoms with Crippen LogP contribution in [-0.2, 0) is 7.05 Å². The number of piperidine rings is 1. The van der Waals surface area contributed by atoms with Gasteiger partial charge in [0.15, 0.2) is 0 Å². The summed E-state index contributed by atoms with van der Waals surface area (Å²) in [6.45, 7) is 1.13. The van der Waals surface area contributed by atoms with Gasteiger partial charge in [-0.15, -0.1) is 0 Å². The van der Waals surface area contributed by atoms with Crippen LogP contribution in [0.5, 0.6) is 0 Å². The quantitative estimate of drug-likeness (QED) is 0.714. The number of β-amino-alcohol motifs (C(OH)–C–C–N with tert-alkyl or cyclic N) is 1. The van der Waals surface area contributed by atoms with Crippen molar-refractivity contribution in [2.45, 2.75) is 18.9 Å². The summed E-state index contributed by atoms with van der Waals surface area (Å²) < 4.78 is 1.72. The molecule has 88 valence electrons. The van der Waals surface area contributed by atoms with Crippen LogP contribution in [0.1, 0.15) is 23.3 Å². The Morgan fingerprint density at radius 1 is 1.62 bits per heavy atom. The van der Waals surface area contributed by atoms with E-state index >= 15 is 0 Å². The van der Waals surface area contributed by atoms with Gasteiger partial charge in [-0.05, 0) is 18.9 Å². The predicted molar refractivity (Wildman–Crippen MR) is 61.0 cm³/mol. The standard InChI is InChI=1S/C11H17N3O2/c1-13-6-8(12)5-10(13)11(16)14-4-2-3-9(15)7-14/h5-6,9,15H,2-4,7,12H2,1H3/t9-/m0/s1. The lowest BCUT2D eigenvalue weighted by molar-refractivity contribution is 0.0466. The lowest BCUT2D eigenvalue weighted by Gasteiger charge is -2.30. The molecule has 1 amide bonds. The molecule has 0 saturated carbocycles. The number of carbonyl (C=O) groups excluding carboxylic acids is 1. The molecule has 3 N–H and O–H groups in total. The first-order chi connectivity index (χ1) is 7.58. The van der Waals surface area contributed by atoms with Gasteiger partial charge in [-0.1, -0.05) is 0 Å². The van der Waals surface area contributed by atoms with Crippen molar-refractivity contribution in [1.82, 2.24) is 9.47 Å². The van der Waals surface area contributed by atoms with E-state index in [9.17, 15) is 9.90 Å². The van der Waals surface area contributed by atoms with Crippen molar-refractivity contribution < 1.29 is 9.90 Å². The van der Waals surface area contributed by atoms with Crippen LogP contribution in [0.25, 0.3) is 0 Å². The number of rotatable bonds is 1. The highest BCUT2D eigenvalue weighted by Crippen LogP contribution is 2.16. The van der Waals surface area contributed by atoms with Gasteiger partial charge in [-0.2, -0.15) is 0 Å². The average Bonchev–Trinajstić information content (AvgIpc) is 2.57. The maximum absolute atomic E-state index is 12.1. The van der Waals surface area contributed by atoms with Crippen LogP contribution in [0, 0.1) is 0 Å². The van der Waals surface area contributed by atoms with Gasteiger partial charge in [-0.25, -0.2) is 0 Å². The maximum atomic E-state index is 12.1. The Hall–Kier alpha value is -1.49. The van der Waals surface area contributed by atoms with Gasteiger partial charge in [0.25, 0.3) is 5.91 Å². The molecule has 1 fully saturated rings. The Kier molecular flexibility index (Phi) is 2.87. The number of aliphatic hydroxyl groups excluding tert-OH is 1. The number of hydrogen-bond acceptors (Lipinski definition) is 3. The molecule has 1 aliphatic rings. The molecule has 5 nitrogen and oxygen atoms in total. The molecule has 2 rings (SSSR count). The SMILES string of the molecule is Cn1cc(N)cc1C(=O)N1CCC[C@H](O)C1. The molecule has 5 heteroatoms. The lowest BCUT2D eigenvalue weighted by Crippen LogP contribution is -2.42. The Labute approximate surface area is 94.5 Å². The summed E-state index contributed by atoms with van der Waals surface area (Å²) in [4.78, 5) is 13.8. The third-order valence-corrected chi connectivity index (χ3v) is 2.93. The molecule has 1 atom stereocenters.